The summed E-state index contributed by atoms with van der Waals surface area (Å²) in [5.74, 6) is 1.04. The molecule has 0 saturated carbocycles. The number of aromatic nitrogens is 4. The van der Waals surface area contributed by atoms with E-state index in [0.29, 0.717) is 11.2 Å². The molecule has 1 aliphatic heterocycles. The number of imidazole rings is 1. The van der Waals surface area contributed by atoms with Gasteiger partial charge in [-0.15, -0.1) is 0 Å². The first kappa shape index (κ1) is 10.3. The van der Waals surface area contributed by atoms with Gasteiger partial charge in [-0.25, -0.2) is 9.78 Å². The van der Waals surface area contributed by atoms with Crippen LogP contribution in [-0.4, -0.2) is 33.0 Å². The van der Waals surface area contributed by atoms with Gasteiger partial charge in [0.1, 0.15) is 11.3 Å². The molecule has 7 heteroatoms. The van der Waals surface area contributed by atoms with E-state index in [4.69, 9.17) is 0 Å². The average molecular weight is 235 g/mol. The van der Waals surface area contributed by atoms with Crippen molar-refractivity contribution in [2.45, 2.75) is 18.8 Å². The third-order valence-electron chi connectivity index (χ3n) is 3.09. The van der Waals surface area contributed by atoms with Crippen molar-refractivity contribution in [3.63, 3.8) is 0 Å². The minimum atomic E-state index is -0.526. The Balaban J connectivity index is 2.09. The lowest BCUT2D eigenvalue weighted by Gasteiger charge is -2.20. The molecule has 1 unspecified atom stereocenters. The Bertz CT molecular complexity index is 646. The monoisotopic (exact) mass is 235 g/mol. The molecule has 4 N–H and O–H groups in total. The van der Waals surface area contributed by atoms with Crippen molar-refractivity contribution >= 4 is 11.2 Å². The SMILES string of the molecule is O=c1[nH]c(=O)c2[nH]c(C3CCCNC3)nc2[nH]1. The summed E-state index contributed by atoms with van der Waals surface area (Å²) in [5.41, 5.74) is -0.280. The highest BCUT2D eigenvalue weighted by atomic mass is 16.2. The van der Waals surface area contributed by atoms with Crippen molar-refractivity contribution in [3.8, 4) is 0 Å². The molecule has 0 aromatic carbocycles. The Labute approximate surface area is 95.7 Å². The Morgan fingerprint density at radius 1 is 1.18 bits per heavy atom. The Morgan fingerprint density at radius 3 is 2.82 bits per heavy atom. The molecule has 90 valence electrons. The van der Waals surface area contributed by atoms with Gasteiger partial charge in [0.15, 0.2) is 5.65 Å². The summed E-state index contributed by atoms with van der Waals surface area (Å²) in [5, 5.41) is 3.29. The van der Waals surface area contributed by atoms with Crippen molar-refractivity contribution < 1.29 is 0 Å². The van der Waals surface area contributed by atoms with E-state index in [1.807, 2.05) is 0 Å². The first-order valence-corrected chi connectivity index (χ1v) is 5.67. The van der Waals surface area contributed by atoms with Crippen LogP contribution in [0.15, 0.2) is 9.59 Å². The lowest BCUT2D eigenvalue weighted by Crippen LogP contribution is -2.28. The molecule has 17 heavy (non-hydrogen) atoms. The maximum Gasteiger partial charge on any atom is 0.327 e. The van der Waals surface area contributed by atoms with Gasteiger partial charge in [-0.2, -0.15) is 0 Å². The standard InChI is InChI=1S/C10H13N5O2/c16-9-6-8(14-10(17)15-9)13-7(12-6)5-2-1-3-11-4-5/h5,11H,1-4H2,(H3,12,13,14,15,16,17). The van der Waals surface area contributed by atoms with Crippen LogP contribution in [0.25, 0.3) is 11.2 Å². The van der Waals surface area contributed by atoms with Crippen LogP contribution in [0.4, 0.5) is 0 Å². The first-order chi connectivity index (χ1) is 8.24. The third-order valence-corrected chi connectivity index (χ3v) is 3.09. The number of nitrogens with zero attached hydrogens (tertiary/aromatic N) is 1. The molecule has 1 aliphatic rings. The molecule has 1 fully saturated rings. The van der Waals surface area contributed by atoms with Gasteiger partial charge in [0.2, 0.25) is 0 Å². The van der Waals surface area contributed by atoms with Gasteiger partial charge in [-0.3, -0.25) is 14.8 Å². The second-order valence-corrected chi connectivity index (χ2v) is 4.30. The maximum atomic E-state index is 11.5. The minimum absolute atomic E-state index is 0.277. The Hall–Kier alpha value is -1.89. The van der Waals surface area contributed by atoms with E-state index in [2.05, 4.69) is 25.3 Å². The maximum absolute atomic E-state index is 11.5. The number of nitrogens with one attached hydrogen (secondary N) is 4. The Kier molecular flexibility index (Phi) is 2.32. The van der Waals surface area contributed by atoms with Gasteiger partial charge in [0.25, 0.3) is 5.56 Å². The van der Waals surface area contributed by atoms with Crippen molar-refractivity contribution in [1.82, 2.24) is 25.3 Å². The topological polar surface area (TPSA) is 106 Å². The van der Waals surface area contributed by atoms with Crippen LogP contribution in [0.2, 0.25) is 0 Å². The summed E-state index contributed by atoms with van der Waals surface area (Å²) >= 11 is 0. The molecule has 0 radical (unpaired) electrons. The predicted octanol–water partition coefficient (Wildman–Crippen LogP) is -0.594. The number of aromatic amines is 3. The van der Waals surface area contributed by atoms with Crippen LogP contribution in [0.3, 0.4) is 0 Å². The van der Waals surface area contributed by atoms with E-state index in [-0.39, 0.29) is 5.92 Å². The van der Waals surface area contributed by atoms with Gasteiger partial charge in [0, 0.05) is 12.5 Å². The number of rotatable bonds is 1. The lowest BCUT2D eigenvalue weighted by atomic mass is 9.99. The number of piperidine rings is 1. The molecule has 3 heterocycles. The summed E-state index contributed by atoms with van der Waals surface area (Å²) in [4.78, 5) is 34.6. The molecular weight excluding hydrogens is 222 g/mol. The number of hydrogen-bond donors (Lipinski definition) is 4. The molecular formula is C10H13N5O2. The average Bonchev–Trinajstić information content (AvgIpc) is 2.74. The fourth-order valence-corrected chi connectivity index (χ4v) is 2.23. The van der Waals surface area contributed by atoms with Gasteiger partial charge in [-0.05, 0) is 19.4 Å². The van der Waals surface area contributed by atoms with Crippen LogP contribution in [0.1, 0.15) is 24.6 Å². The molecule has 2 aromatic heterocycles. The predicted molar refractivity (Wildman–Crippen MR) is 62.2 cm³/mol. The Morgan fingerprint density at radius 2 is 2.06 bits per heavy atom. The molecule has 1 saturated heterocycles. The van der Waals surface area contributed by atoms with Crippen molar-refractivity contribution in [2.24, 2.45) is 0 Å². The van der Waals surface area contributed by atoms with E-state index in [9.17, 15) is 9.59 Å². The minimum Gasteiger partial charge on any atom is -0.336 e. The van der Waals surface area contributed by atoms with E-state index in [1.165, 1.54) is 0 Å². The fourth-order valence-electron chi connectivity index (χ4n) is 2.23. The molecule has 1 atom stereocenters. The largest absolute Gasteiger partial charge is 0.336 e. The zero-order valence-corrected chi connectivity index (χ0v) is 9.17. The normalized spacial score (nSPS) is 20.8. The van der Waals surface area contributed by atoms with Crippen molar-refractivity contribution in [3.05, 3.63) is 26.7 Å². The second-order valence-electron chi connectivity index (χ2n) is 4.30. The van der Waals surface area contributed by atoms with Crippen molar-refractivity contribution in [1.29, 1.82) is 0 Å². The highest BCUT2D eigenvalue weighted by molar-refractivity contribution is 5.68. The second kappa shape index (κ2) is 3.85. The van der Waals surface area contributed by atoms with Crippen LogP contribution < -0.4 is 16.6 Å². The van der Waals surface area contributed by atoms with Gasteiger partial charge in [0.05, 0.1) is 0 Å². The summed E-state index contributed by atoms with van der Waals surface area (Å²) in [7, 11) is 0. The molecule has 0 bridgehead atoms. The van der Waals surface area contributed by atoms with Crippen molar-refractivity contribution in [2.75, 3.05) is 13.1 Å². The summed E-state index contributed by atoms with van der Waals surface area (Å²) in [6, 6.07) is 0. The van der Waals surface area contributed by atoms with Crippen LogP contribution in [0, 0.1) is 0 Å². The molecule has 0 aliphatic carbocycles. The number of hydrogen-bond acceptors (Lipinski definition) is 4. The summed E-state index contributed by atoms with van der Waals surface area (Å²) < 4.78 is 0. The smallest absolute Gasteiger partial charge is 0.327 e. The zero-order valence-electron chi connectivity index (χ0n) is 9.17. The fraction of sp³-hybridized carbons (Fsp3) is 0.500. The van der Waals surface area contributed by atoms with Gasteiger partial charge in [-0.1, -0.05) is 0 Å². The van der Waals surface area contributed by atoms with E-state index in [0.717, 1.165) is 31.8 Å². The van der Waals surface area contributed by atoms with E-state index >= 15 is 0 Å². The van der Waals surface area contributed by atoms with Crippen LogP contribution in [-0.2, 0) is 0 Å². The summed E-state index contributed by atoms with van der Waals surface area (Å²) in [6.45, 7) is 1.87. The van der Waals surface area contributed by atoms with E-state index in [1.54, 1.807) is 0 Å². The molecule has 3 rings (SSSR count). The molecule has 7 nitrogen and oxygen atoms in total. The number of fused-ring (bicyclic) bond motifs is 1. The quantitative estimate of drug-likeness (QED) is 0.529. The third kappa shape index (κ3) is 1.78. The van der Waals surface area contributed by atoms with Gasteiger partial charge >= 0.3 is 5.69 Å². The number of H-pyrrole nitrogens is 3. The highest BCUT2D eigenvalue weighted by Crippen LogP contribution is 2.21. The zero-order chi connectivity index (χ0) is 11.8. The lowest BCUT2D eigenvalue weighted by molar-refractivity contribution is 0.449. The summed E-state index contributed by atoms with van der Waals surface area (Å²) in [6.07, 6.45) is 2.13. The van der Waals surface area contributed by atoms with Gasteiger partial charge < -0.3 is 10.3 Å². The van der Waals surface area contributed by atoms with Crippen LogP contribution in [0.5, 0.6) is 0 Å². The van der Waals surface area contributed by atoms with E-state index < -0.39 is 11.2 Å². The molecule has 0 amide bonds. The molecule has 0 spiro atoms. The first-order valence-electron chi connectivity index (χ1n) is 5.67. The highest BCUT2D eigenvalue weighted by Gasteiger charge is 2.19. The van der Waals surface area contributed by atoms with Crippen LogP contribution >= 0.6 is 0 Å². The molecule has 2 aromatic rings.